The van der Waals surface area contributed by atoms with Crippen molar-refractivity contribution in [1.82, 2.24) is 4.98 Å². The first kappa shape index (κ1) is 21.5. The van der Waals surface area contributed by atoms with Gasteiger partial charge in [0.05, 0.1) is 0 Å². The quantitative estimate of drug-likeness (QED) is 0.369. The Morgan fingerprint density at radius 1 is 0.875 bits per heavy atom. The van der Waals surface area contributed by atoms with Gasteiger partial charge in [-0.05, 0) is 47.5 Å². The number of nitrogens with zero attached hydrogens (tertiary/aromatic N) is 1. The fourth-order valence-corrected chi connectivity index (χ4v) is 3.79. The summed E-state index contributed by atoms with van der Waals surface area (Å²) in [6, 6.07) is 23.4. The van der Waals surface area contributed by atoms with Crippen LogP contribution in [0.1, 0.15) is 16.0 Å². The van der Waals surface area contributed by atoms with Gasteiger partial charge < -0.3 is 9.47 Å². The summed E-state index contributed by atoms with van der Waals surface area (Å²) in [5.41, 5.74) is 2.07. The van der Waals surface area contributed by atoms with Gasteiger partial charge in [-0.15, -0.1) is 11.3 Å². The van der Waals surface area contributed by atoms with Gasteiger partial charge in [-0.25, -0.2) is 9.37 Å². The summed E-state index contributed by atoms with van der Waals surface area (Å²) in [5.74, 6) is 0.739. The predicted octanol–water partition coefficient (Wildman–Crippen LogP) is 5.47. The Labute approximate surface area is 189 Å². The second-order valence-corrected chi connectivity index (χ2v) is 8.13. The number of hydrogen-bond donors (Lipinski definition) is 1. The molecule has 0 fully saturated rings. The van der Waals surface area contributed by atoms with Crippen LogP contribution in [0.25, 0.3) is 0 Å². The van der Waals surface area contributed by atoms with E-state index in [0.717, 1.165) is 21.8 Å². The van der Waals surface area contributed by atoms with Crippen molar-refractivity contribution in [3.63, 3.8) is 0 Å². The average molecular weight is 449 g/mol. The molecule has 1 aromatic heterocycles. The van der Waals surface area contributed by atoms with Gasteiger partial charge in [0.15, 0.2) is 11.7 Å². The number of aromatic nitrogens is 1. The van der Waals surface area contributed by atoms with Gasteiger partial charge in [0, 0.05) is 17.5 Å². The Morgan fingerprint density at radius 3 is 2.28 bits per heavy atom. The molecule has 0 atom stereocenters. The number of hydrogen-bond acceptors (Lipinski definition) is 5. The molecule has 4 rings (SSSR count). The van der Waals surface area contributed by atoms with E-state index in [1.165, 1.54) is 23.5 Å². The number of nitrogens with one attached hydrogen (secondary N) is 1. The fourth-order valence-electron chi connectivity index (χ4n) is 2.93. The van der Waals surface area contributed by atoms with E-state index >= 15 is 0 Å². The molecule has 0 aliphatic rings. The number of carbonyl (C=O) groups is 1. The molecule has 1 amide bonds. The molecule has 0 saturated carbocycles. The number of amides is 1. The Balaban J connectivity index is 1.21. The van der Waals surface area contributed by atoms with Crippen LogP contribution in [0.2, 0.25) is 0 Å². The van der Waals surface area contributed by atoms with Gasteiger partial charge in [0.2, 0.25) is 0 Å². The molecule has 0 aliphatic heterocycles. The lowest BCUT2D eigenvalue weighted by molar-refractivity contribution is -0.118. The topological polar surface area (TPSA) is 60.5 Å². The van der Waals surface area contributed by atoms with Gasteiger partial charge in [-0.1, -0.05) is 42.5 Å². The van der Waals surface area contributed by atoms with E-state index in [1.807, 2.05) is 30.3 Å². The molecule has 3 aromatic carbocycles. The van der Waals surface area contributed by atoms with Crippen molar-refractivity contribution in [3.05, 3.63) is 107 Å². The van der Waals surface area contributed by atoms with Crippen LogP contribution in [0.15, 0.2) is 85.1 Å². The van der Waals surface area contributed by atoms with Gasteiger partial charge in [0.1, 0.15) is 23.9 Å². The van der Waals surface area contributed by atoms with Crippen molar-refractivity contribution in [1.29, 1.82) is 0 Å². The Hall–Kier alpha value is -3.71. The van der Waals surface area contributed by atoms with Crippen LogP contribution in [0, 0.1) is 5.82 Å². The van der Waals surface area contributed by atoms with Crippen LogP contribution in [0.5, 0.6) is 11.5 Å². The highest BCUT2D eigenvalue weighted by atomic mass is 32.1. The number of benzene rings is 3. The van der Waals surface area contributed by atoms with E-state index in [4.69, 9.17) is 9.47 Å². The summed E-state index contributed by atoms with van der Waals surface area (Å²) in [6.07, 6.45) is 2.33. The van der Waals surface area contributed by atoms with E-state index in [2.05, 4.69) is 10.3 Å². The molecule has 162 valence electrons. The molecular formula is C25H21FN2O3S. The highest BCUT2D eigenvalue weighted by Crippen LogP contribution is 2.22. The number of carbonyl (C=O) groups excluding carboxylic acids is 1. The lowest BCUT2D eigenvalue weighted by Crippen LogP contribution is -2.19. The molecule has 0 saturated heterocycles. The number of rotatable bonds is 9. The molecule has 7 heteroatoms. The van der Waals surface area contributed by atoms with Crippen LogP contribution >= 0.6 is 11.3 Å². The largest absolute Gasteiger partial charge is 0.489 e. The molecule has 0 spiro atoms. The van der Waals surface area contributed by atoms with Crippen molar-refractivity contribution in [2.45, 2.75) is 13.0 Å². The third kappa shape index (κ3) is 6.39. The van der Waals surface area contributed by atoms with Crippen LogP contribution < -0.4 is 14.8 Å². The molecule has 0 unspecified atom stereocenters. The first-order valence-electron chi connectivity index (χ1n) is 10.0. The summed E-state index contributed by atoms with van der Waals surface area (Å²) >= 11 is 1.38. The maximum absolute atomic E-state index is 13.0. The summed E-state index contributed by atoms with van der Waals surface area (Å²) in [4.78, 5) is 17.4. The summed E-state index contributed by atoms with van der Waals surface area (Å²) in [7, 11) is 0. The SMILES string of the molecule is O=C(COc1ccc(OCc2ccccc2)cc1)Nc1ncc(Cc2ccc(F)cc2)s1. The van der Waals surface area contributed by atoms with Crippen molar-refractivity contribution in [2.75, 3.05) is 11.9 Å². The summed E-state index contributed by atoms with van der Waals surface area (Å²) < 4.78 is 24.3. The van der Waals surface area contributed by atoms with Crippen LogP contribution in [-0.2, 0) is 17.8 Å². The molecule has 0 bridgehead atoms. The van der Waals surface area contributed by atoms with E-state index in [-0.39, 0.29) is 18.3 Å². The van der Waals surface area contributed by atoms with Gasteiger partial charge in [-0.3, -0.25) is 10.1 Å². The second-order valence-electron chi connectivity index (χ2n) is 7.02. The van der Waals surface area contributed by atoms with Crippen molar-refractivity contribution < 1.29 is 18.7 Å². The molecule has 4 aromatic rings. The van der Waals surface area contributed by atoms with Crippen molar-refractivity contribution in [2.24, 2.45) is 0 Å². The van der Waals surface area contributed by atoms with Crippen LogP contribution in [-0.4, -0.2) is 17.5 Å². The van der Waals surface area contributed by atoms with E-state index in [1.54, 1.807) is 42.6 Å². The predicted molar refractivity (Wildman–Crippen MR) is 123 cm³/mol. The van der Waals surface area contributed by atoms with Gasteiger partial charge in [-0.2, -0.15) is 0 Å². The first-order valence-corrected chi connectivity index (χ1v) is 10.8. The van der Waals surface area contributed by atoms with E-state index in [0.29, 0.717) is 23.9 Å². The van der Waals surface area contributed by atoms with Crippen LogP contribution in [0.4, 0.5) is 9.52 Å². The molecule has 1 heterocycles. The Morgan fingerprint density at radius 2 is 1.56 bits per heavy atom. The first-order chi connectivity index (χ1) is 15.6. The number of ether oxygens (including phenoxy) is 2. The second kappa shape index (κ2) is 10.5. The standard InChI is InChI=1S/C25H21FN2O3S/c26-20-8-6-18(7-9-20)14-23-15-27-25(32-23)28-24(29)17-31-22-12-10-21(11-13-22)30-16-19-4-2-1-3-5-19/h1-13,15H,14,16-17H2,(H,27,28,29). The maximum atomic E-state index is 13.0. The maximum Gasteiger partial charge on any atom is 0.264 e. The minimum Gasteiger partial charge on any atom is -0.489 e. The minimum absolute atomic E-state index is 0.128. The molecule has 32 heavy (non-hydrogen) atoms. The fraction of sp³-hybridized carbons (Fsp3) is 0.120. The van der Waals surface area contributed by atoms with Gasteiger partial charge in [0.25, 0.3) is 5.91 Å². The third-order valence-corrected chi connectivity index (χ3v) is 5.45. The molecule has 1 N–H and O–H groups in total. The lowest BCUT2D eigenvalue weighted by Gasteiger charge is -2.08. The Bertz CT molecular complexity index is 1150. The monoisotopic (exact) mass is 448 g/mol. The van der Waals surface area contributed by atoms with Crippen molar-refractivity contribution in [3.8, 4) is 11.5 Å². The number of anilines is 1. The summed E-state index contributed by atoms with van der Waals surface area (Å²) in [6.45, 7) is 0.359. The molecular weight excluding hydrogens is 427 g/mol. The molecule has 5 nitrogen and oxygen atoms in total. The normalized spacial score (nSPS) is 10.5. The number of halogens is 1. The zero-order chi connectivity index (χ0) is 22.2. The molecule has 0 aliphatic carbocycles. The average Bonchev–Trinajstić information content (AvgIpc) is 3.26. The molecule has 0 radical (unpaired) electrons. The highest BCUT2D eigenvalue weighted by molar-refractivity contribution is 7.15. The minimum atomic E-state index is -0.294. The van der Waals surface area contributed by atoms with Gasteiger partial charge >= 0.3 is 0 Å². The van der Waals surface area contributed by atoms with E-state index < -0.39 is 0 Å². The van der Waals surface area contributed by atoms with E-state index in [9.17, 15) is 9.18 Å². The summed E-state index contributed by atoms with van der Waals surface area (Å²) in [5, 5.41) is 3.24. The highest BCUT2D eigenvalue weighted by Gasteiger charge is 2.09. The zero-order valence-corrected chi connectivity index (χ0v) is 18.0. The van der Waals surface area contributed by atoms with Crippen LogP contribution in [0.3, 0.4) is 0 Å². The van der Waals surface area contributed by atoms with Crippen molar-refractivity contribution >= 4 is 22.4 Å². The lowest BCUT2D eigenvalue weighted by atomic mass is 10.1. The zero-order valence-electron chi connectivity index (χ0n) is 17.2. The number of thiazole rings is 1. The Kier molecular flexibility index (Phi) is 7.09. The third-order valence-electron chi connectivity index (χ3n) is 4.53. The smallest absolute Gasteiger partial charge is 0.264 e.